The number of fused-ring (bicyclic) bond motifs is 1. The Balaban J connectivity index is 1.28. The van der Waals surface area contributed by atoms with E-state index in [0.29, 0.717) is 19.6 Å². The molecular weight excluding hydrogens is 404 g/mol. The second-order valence-corrected chi connectivity index (χ2v) is 8.59. The lowest BCUT2D eigenvalue weighted by atomic mass is 10.1. The van der Waals surface area contributed by atoms with E-state index in [0.717, 1.165) is 70.2 Å². The van der Waals surface area contributed by atoms with E-state index in [1.165, 1.54) is 11.3 Å². The molecule has 2 aromatic rings. The van der Waals surface area contributed by atoms with E-state index < -0.39 is 0 Å². The Morgan fingerprint density at radius 1 is 1.16 bits per heavy atom. The highest BCUT2D eigenvalue weighted by Gasteiger charge is 2.23. The molecule has 1 atom stereocenters. The lowest BCUT2D eigenvalue weighted by Gasteiger charge is -2.23. The van der Waals surface area contributed by atoms with E-state index in [1.807, 2.05) is 0 Å². The summed E-state index contributed by atoms with van der Waals surface area (Å²) >= 11 is 0. The second-order valence-electron chi connectivity index (χ2n) is 8.59. The van der Waals surface area contributed by atoms with E-state index in [2.05, 4.69) is 68.0 Å². The molecule has 1 aromatic heterocycles. The summed E-state index contributed by atoms with van der Waals surface area (Å²) in [6, 6.07) is 8.97. The van der Waals surface area contributed by atoms with Crippen molar-refractivity contribution >= 4 is 11.6 Å². The van der Waals surface area contributed by atoms with Crippen LogP contribution in [-0.4, -0.2) is 71.0 Å². The number of carbonyl (C=O) groups is 1. The van der Waals surface area contributed by atoms with Crippen molar-refractivity contribution in [3.05, 3.63) is 41.5 Å². The van der Waals surface area contributed by atoms with Gasteiger partial charge in [-0.05, 0) is 44.4 Å². The van der Waals surface area contributed by atoms with Gasteiger partial charge in [0.1, 0.15) is 17.8 Å². The predicted molar refractivity (Wildman–Crippen MR) is 125 cm³/mol. The molecule has 0 unspecified atom stereocenters. The van der Waals surface area contributed by atoms with Crippen LogP contribution in [-0.2, 0) is 35.5 Å². The average molecular weight is 441 g/mol. The monoisotopic (exact) mass is 440 g/mol. The van der Waals surface area contributed by atoms with Crippen LogP contribution in [0.2, 0.25) is 0 Å². The van der Waals surface area contributed by atoms with Gasteiger partial charge in [-0.15, -0.1) is 10.2 Å². The zero-order valence-corrected chi connectivity index (χ0v) is 19.4. The summed E-state index contributed by atoms with van der Waals surface area (Å²) in [5, 5.41) is 11.8. The van der Waals surface area contributed by atoms with Crippen LogP contribution in [0.4, 0.5) is 5.69 Å². The number of rotatable bonds is 9. The topological polar surface area (TPSA) is 75.5 Å². The quantitative estimate of drug-likeness (QED) is 0.643. The molecular formula is C24H36N6O2. The minimum atomic E-state index is -0.278. The lowest BCUT2D eigenvalue weighted by Crippen LogP contribution is -2.35. The van der Waals surface area contributed by atoms with Crippen LogP contribution in [0.1, 0.15) is 43.9 Å². The second kappa shape index (κ2) is 10.9. The smallest absolute Gasteiger partial charge is 0.249 e. The van der Waals surface area contributed by atoms with E-state index in [-0.39, 0.29) is 12.0 Å². The summed E-state index contributed by atoms with van der Waals surface area (Å²) in [6.45, 7) is 11.5. The summed E-state index contributed by atoms with van der Waals surface area (Å²) in [7, 11) is 0. The van der Waals surface area contributed by atoms with Gasteiger partial charge in [-0.1, -0.05) is 12.1 Å². The molecule has 8 nitrogen and oxygen atoms in total. The van der Waals surface area contributed by atoms with Crippen LogP contribution < -0.4 is 10.2 Å². The molecule has 1 saturated heterocycles. The van der Waals surface area contributed by atoms with E-state index in [1.54, 1.807) is 0 Å². The molecule has 8 heteroatoms. The molecule has 0 aliphatic carbocycles. The first-order valence-corrected chi connectivity index (χ1v) is 12.0. The largest absolute Gasteiger partial charge is 0.372 e. The third kappa shape index (κ3) is 5.48. The number of nitrogens with one attached hydrogen (secondary N) is 1. The molecule has 0 radical (unpaired) electrons. The Morgan fingerprint density at radius 3 is 2.69 bits per heavy atom. The normalized spacial score (nSPS) is 18.9. The van der Waals surface area contributed by atoms with Crippen molar-refractivity contribution in [2.45, 2.75) is 58.7 Å². The number of ether oxygens (including phenoxy) is 1. The van der Waals surface area contributed by atoms with Crippen molar-refractivity contribution in [3.8, 4) is 0 Å². The van der Waals surface area contributed by atoms with Crippen LogP contribution in [0.3, 0.4) is 0 Å². The van der Waals surface area contributed by atoms with Crippen molar-refractivity contribution in [2.75, 3.05) is 44.2 Å². The molecule has 0 bridgehead atoms. The molecule has 174 valence electrons. The number of nitrogens with zero attached hydrogens (tertiary/aromatic N) is 5. The number of anilines is 1. The third-order valence-corrected chi connectivity index (χ3v) is 6.54. The van der Waals surface area contributed by atoms with Gasteiger partial charge in [0.05, 0.1) is 0 Å². The molecule has 1 amide bonds. The predicted octanol–water partition coefficient (Wildman–Crippen LogP) is 2.02. The van der Waals surface area contributed by atoms with Gasteiger partial charge in [-0.25, -0.2) is 0 Å². The SMILES string of the molecule is CCN(CC)c1ccc(CN2CCc3nnc(CCNC(=O)[C@@H]4CCCO4)n3CC2)cc1. The maximum absolute atomic E-state index is 12.1. The van der Waals surface area contributed by atoms with Crippen LogP contribution >= 0.6 is 0 Å². The molecule has 1 fully saturated rings. The van der Waals surface area contributed by atoms with E-state index >= 15 is 0 Å². The summed E-state index contributed by atoms with van der Waals surface area (Å²) in [5.41, 5.74) is 2.63. The van der Waals surface area contributed by atoms with Crippen LogP contribution in [0.15, 0.2) is 24.3 Å². The van der Waals surface area contributed by atoms with Crippen molar-refractivity contribution in [1.82, 2.24) is 25.0 Å². The summed E-state index contributed by atoms with van der Waals surface area (Å²) < 4.78 is 7.68. The molecule has 1 N–H and O–H groups in total. The van der Waals surface area contributed by atoms with Gasteiger partial charge in [-0.2, -0.15) is 0 Å². The number of amides is 1. The first-order valence-electron chi connectivity index (χ1n) is 12.0. The molecule has 32 heavy (non-hydrogen) atoms. The fourth-order valence-corrected chi connectivity index (χ4v) is 4.62. The van der Waals surface area contributed by atoms with Gasteiger partial charge in [-0.3, -0.25) is 9.69 Å². The van der Waals surface area contributed by atoms with Gasteiger partial charge in [0.2, 0.25) is 5.91 Å². The Bertz CT molecular complexity index is 871. The highest BCUT2D eigenvalue weighted by Crippen LogP contribution is 2.18. The standard InChI is InChI=1S/C24H36N6O2/c1-3-29(4-2)20-9-7-19(8-10-20)18-28-14-12-23-27-26-22(30(23)16-15-28)11-13-25-24(31)21-6-5-17-32-21/h7-10,21H,3-6,11-18H2,1-2H3,(H,25,31)/t21-/m0/s1. The highest BCUT2D eigenvalue weighted by molar-refractivity contribution is 5.80. The van der Waals surface area contributed by atoms with Gasteiger partial charge in [0.25, 0.3) is 0 Å². The van der Waals surface area contributed by atoms with E-state index in [4.69, 9.17) is 4.74 Å². The Morgan fingerprint density at radius 2 is 1.97 bits per heavy atom. The molecule has 4 rings (SSSR count). The maximum atomic E-state index is 12.1. The van der Waals surface area contributed by atoms with Crippen LogP contribution in [0.5, 0.6) is 0 Å². The third-order valence-electron chi connectivity index (χ3n) is 6.54. The summed E-state index contributed by atoms with van der Waals surface area (Å²) in [5.74, 6) is 2.00. The maximum Gasteiger partial charge on any atom is 0.249 e. The van der Waals surface area contributed by atoms with Gasteiger partial charge >= 0.3 is 0 Å². The zero-order chi connectivity index (χ0) is 22.3. The Hall–Kier alpha value is -2.45. The van der Waals surface area contributed by atoms with Crippen molar-refractivity contribution in [3.63, 3.8) is 0 Å². The van der Waals surface area contributed by atoms with Crippen molar-refractivity contribution in [2.24, 2.45) is 0 Å². The first kappa shape index (κ1) is 22.7. The van der Waals surface area contributed by atoms with Gasteiger partial charge < -0.3 is 19.5 Å². The lowest BCUT2D eigenvalue weighted by molar-refractivity contribution is -0.130. The number of carbonyl (C=O) groups excluding carboxylic acids is 1. The van der Waals surface area contributed by atoms with Gasteiger partial charge in [0.15, 0.2) is 0 Å². The summed E-state index contributed by atoms with van der Waals surface area (Å²) in [6.07, 6.45) is 3.10. The van der Waals surface area contributed by atoms with E-state index in [9.17, 15) is 4.79 Å². The fraction of sp³-hybridized carbons (Fsp3) is 0.625. The van der Waals surface area contributed by atoms with Crippen molar-refractivity contribution < 1.29 is 9.53 Å². The molecule has 0 spiro atoms. The summed E-state index contributed by atoms with van der Waals surface area (Å²) in [4.78, 5) is 17.0. The zero-order valence-electron chi connectivity index (χ0n) is 19.4. The van der Waals surface area contributed by atoms with Crippen LogP contribution in [0, 0.1) is 0 Å². The minimum Gasteiger partial charge on any atom is -0.372 e. The highest BCUT2D eigenvalue weighted by atomic mass is 16.5. The number of aromatic nitrogens is 3. The Labute approximate surface area is 190 Å². The Kier molecular flexibility index (Phi) is 7.76. The number of hydrogen-bond donors (Lipinski definition) is 1. The number of benzene rings is 1. The number of hydrogen-bond acceptors (Lipinski definition) is 6. The molecule has 2 aliphatic rings. The van der Waals surface area contributed by atoms with Crippen molar-refractivity contribution in [1.29, 1.82) is 0 Å². The van der Waals surface area contributed by atoms with Gasteiger partial charge in [0, 0.05) is 70.9 Å². The molecule has 2 aliphatic heterocycles. The molecule has 0 saturated carbocycles. The van der Waals surface area contributed by atoms with Crippen LogP contribution in [0.25, 0.3) is 0 Å². The molecule has 3 heterocycles. The first-order chi connectivity index (χ1) is 15.7. The molecule has 1 aromatic carbocycles. The fourth-order valence-electron chi connectivity index (χ4n) is 4.62. The average Bonchev–Trinajstić information content (AvgIpc) is 3.44. The minimum absolute atomic E-state index is 0.00343.